The first kappa shape index (κ1) is 16.6. The van der Waals surface area contributed by atoms with Crippen LogP contribution in [0.3, 0.4) is 0 Å². The summed E-state index contributed by atoms with van der Waals surface area (Å²) >= 11 is 1.66. The van der Waals surface area contributed by atoms with Crippen molar-refractivity contribution >= 4 is 28.3 Å². The van der Waals surface area contributed by atoms with E-state index in [4.69, 9.17) is 5.11 Å². The van der Waals surface area contributed by atoms with E-state index in [1.165, 1.54) is 0 Å². The van der Waals surface area contributed by atoms with Crippen molar-refractivity contribution in [2.24, 2.45) is 0 Å². The van der Waals surface area contributed by atoms with Gasteiger partial charge >= 0.3 is 0 Å². The summed E-state index contributed by atoms with van der Waals surface area (Å²) in [6.07, 6.45) is 3.42. The number of amides is 1. The minimum Gasteiger partial charge on any atom is -0.395 e. The zero-order chi connectivity index (χ0) is 16.9. The van der Waals surface area contributed by atoms with E-state index in [-0.39, 0.29) is 12.5 Å². The molecule has 6 nitrogen and oxygen atoms in total. The van der Waals surface area contributed by atoms with Crippen LogP contribution in [0.1, 0.15) is 27.5 Å². The quantitative estimate of drug-likeness (QED) is 0.644. The van der Waals surface area contributed by atoms with Crippen LogP contribution in [-0.4, -0.2) is 38.7 Å². The Bertz CT molecular complexity index is 840. The van der Waals surface area contributed by atoms with Crippen LogP contribution in [-0.2, 0) is 13.0 Å². The third-order valence-electron chi connectivity index (χ3n) is 3.74. The van der Waals surface area contributed by atoms with Crippen molar-refractivity contribution in [3.63, 3.8) is 0 Å². The smallest absolute Gasteiger partial charge is 0.251 e. The average Bonchev–Trinajstić information content (AvgIpc) is 3.18. The number of fused-ring (bicyclic) bond motifs is 1. The van der Waals surface area contributed by atoms with Gasteiger partial charge in [0.05, 0.1) is 29.0 Å². The van der Waals surface area contributed by atoms with Crippen LogP contribution in [0.4, 0.5) is 0 Å². The molecule has 0 saturated carbocycles. The molecule has 0 aliphatic rings. The Kier molecular flexibility index (Phi) is 5.22. The summed E-state index contributed by atoms with van der Waals surface area (Å²) in [5.41, 5.74) is 3.32. The molecule has 3 aromatic rings. The number of nitrogens with one attached hydrogen (secondary N) is 1. The van der Waals surface area contributed by atoms with E-state index in [0.29, 0.717) is 18.7 Å². The van der Waals surface area contributed by atoms with E-state index in [9.17, 15) is 4.79 Å². The molecular weight excluding hydrogens is 324 g/mol. The predicted molar refractivity (Wildman–Crippen MR) is 94.3 cm³/mol. The van der Waals surface area contributed by atoms with Crippen molar-refractivity contribution in [2.75, 3.05) is 13.2 Å². The van der Waals surface area contributed by atoms with E-state index in [2.05, 4.69) is 15.3 Å². The summed E-state index contributed by atoms with van der Waals surface area (Å²) in [4.78, 5) is 20.9. The summed E-state index contributed by atoms with van der Waals surface area (Å²) in [5.74, 6) is -0.0936. The van der Waals surface area contributed by atoms with Gasteiger partial charge in [0.15, 0.2) is 0 Å². The highest BCUT2D eigenvalue weighted by Crippen LogP contribution is 2.15. The van der Waals surface area contributed by atoms with E-state index in [1.54, 1.807) is 29.8 Å². The topological polar surface area (TPSA) is 80.0 Å². The Balaban J connectivity index is 1.55. The lowest BCUT2D eigenvalue weighted by atomic mass is 10.2. The molecule has 0 atom stereocenters. The van der Waals surface area contributed by atoms with Gasteiger partial charge in [0.2, 0.25) is 0 Å². The number of imidazole rings is 1. The number of aliphatic hydroxyl groups excluding tert-OH is 1. The first-order chi connectivity index (χ1) is 11.7. The minimum atomic E-state index is -0.0936. The minimum absolute atomic E-state index is 0.0618. The van der Waals surface area contributed by atoms with Crippen LogP contribution >= 0.6 is 11.3 Å². The normalized spacial score (nSPS) is 11.1. The van der Waals surface area contributed by atoms with Crippen molar-refractivity contribution in [3.05, 3.63) is 46.2 Å². The fourth-order valence-electron chi connectivity index (χ4n) is 2.55. The molecule has 0 fully saturated rings. The van der Waals surface area contributed by atoms with Gasteiger partial charge < -0.3 is 15.0 Å². The molecule has 126 valence electrons. The molecule has 3 rings (SSSR count). The molecule has 0 spiro atoms. The number of aromatic nitrogens is 3. The lowest BCUT2D eigenvalue weighted by molar-refractivity contribution is 0.0953. The summed E-state index contributed by atoms with van der Waals surface area (Å²) in [6, 6.07) is 5.44. The number of carbonyl (C=O) groups excluding carboxylic acids is 1. The Labute approximate surface area is 144 Å². The highest BCUT2D eigenvalue weighted by molar-refractivity contribution is 7.09. The number of hydrogen-bond acceptors (Lipinski definition) is 5. The fourth-order valence-corrected chi connectivity index (χ4v) is 3.37. The van der Waals surface area contributed by atoms with Crippen LogP contribution in [0.5, 0.6) is 0 Å². The number of carbonyl (C=O) groups is 1. The lowest BCUT2D eigenvalue weighted by Crippen LogP contribution is -2.24. The monoisotopic (exact) mass is 344 g/mol. The van der Waals surface area contributed by atoms with Crippen molar-refractivity contribution in [1.82, 2.24) is 19.9 Å². The molecule has 0 unspecified atom stereocenters. The third-order valence-corrected chi connectivity index (χ3v) is 4.77. The molecular formula is C17H20N4O2S. The average molecular weight is 344 g/mol. The highest BCUT2D eigenvalue weighted by Gasteiger charge is 2.09. The number of hydrogen-bond donors (Lipinski definition) is 2. The third kappa shape index (κ3) is 3.80. The van der Waals surface area contributed by atoms with E-state index in [1.807, 2.05) is 22.9 Å². The van der Waals surface area contributed by atoms with E-state index >= 15 is 0 Å². The second-order valence-electron chi connectivity index (χ2n) is 5.61. The van der Waals surface area contributed by atoms with E-state index < -0.39 is 0 Å². The first-order valence-corrected chi connectivity index (χ1v) is 8.80. The Morgan fingerprint density at radius 1 is 1.42 bits per heavy atom. The molecule has 0 aliphatic carbocycles. The van der Waals surface area contributed by atoms with Gasteiger partial charge in [-0.3, -0.25) is 4.79 Å². The molecule has 1 amide bonds. The largest absolute Gasteiger partial charge is 0.395 e. The predicted octanol–water partition coefficient (Wildman–Crippen LogP) is 2.16. The van der Waals surface area contributed by atoms with Crippen LogP contribution in [0.2, 0.25) is 0 Å². The molecule has 1 aromatic carbocycles. The van der Waals surface area contributed by atoms with Crippen LogP contribution < -0.4 is 5.32 Å². The number of rotatable bonds is 7. The maximum Gasteiger partial charge on any atom is 0.251 e. The summed E-state index contributed by atoms with van der Waals surface area (Å²) in [5, 5.41) is 15.1. The van der Waals surface area contributed by atoms with Gasteiger partial charge in [0.1, 0.15) is 0 Å². The Morgan fingerprint density at radius 2 is 2.29 bits per heavy atom. The fraction of sp³-hybridized carbons (Fsp3) is 0.353. The second-order valence-corrected chi connectivity index (χ2v) is 6.55. The SMILES string of the molecule is Cc1csc(CCCNC(=O)c2ccc3c(c2)ncn3CCO)n1. The molecule has 0 bridgehead atoms. The van der Waals surface area contributed by atoms with E-state index in [0.717, 1.165) is 34.6 Å². The summed E-state index contributed by atoms with van der Waals surface area (Å²) in [6.45, 7) is 3.17. The van der Waals surface area contributed by atoms with Gasteiger partial charge in [-0.25, -0.2) is 9.97 Å². The number of benzene rings is 1. The maximum absolute atomic E-state index is 12.2. The highest BCUT2D eigenvalue weighted by atomic mass is 32.1. The van der Waals surface area contributed by atoms with Gasteiger partial charge in [0.25, 0.3) is 5.91 Å². The van der Waals surface area contributed by atoms with Crippen molar-refractivity contribution in [2.45, 2.75) is 26.3 Å². The molecule has 0 saturated heterocycles. The number of thiazole rings is 1. The van der Waals surface area contributed by atoms with Crippen LogP contribution in [0.15, 0.2) is 29.9 Å². The molecule has 2 aromatic heterocycles. The second kappa shape index (κ2) is 7.55. The molecule has 24 heavy (non-hydrogen) atoms. The molecule has 7 heteroatoms. The van der Waals surface area contributed by atoms with Crippen molar-refractivity contribution in [3.8, 4) is 0 Å². The molecule has 0 radical (unpaired) electrons. The van der Waals surface area contributed by atoms with Crippen molar-refractivity contribution < 1.29 is 9.90 Å². The zero-order valence-electron chi connectivity index (χ0n) is 13.5. The van der Waals surface area contributed by atoms with Crippen LogP contribution in [0, 0.1) is 6.92 Å². The molecule has 2 heterocycles. The van der Waals surface area contributed by atoms with Gasteiger partial charge in [-0.2, -0.15) is 0 Å². The van der Waals surface area contributed by atoms with Gasteiger partial charge in [-0.1, -0.05) is 0 Å². The standard InChI is InChI=1S/C17H20N4O2S/c1-12-10-24-16(20-12)3-2-6-18-17(23)13-4-5-15-14(9-13)19-11-21(15)7-8-22/h4-5,9-11,22H,2-3,6-8H2,1H3,(H,18,23). The maximum atomic E-state index is 12.2. The number of nitrogens with zero attached hydrogens (tertiary/aromatic N) is 3. The van der Waals surface area contributed by atoms with Crippen LogP contribution in [0.25, 0.3) is 11.0 Å². The summed E-state index contributed by atoms with van der Waals surface area (Å²) < 4.78 is 1.87. The molecule has 0 aliphatic heterocycles. The number of aryl methyl sites for hydroxylation is 2. The van der Waals surface area contributed by atoms with Gasteiger partial charge in [-0.05, 0) is 31.5 Å². The van der Waals surface area contributed by atoms with Gasteiger partial charge in [-0.15, -0.1) is 11.3 Å². The summed E-state index contributed by atoms with van der Waals surface area (Å²) in [7, 11) is 0. The molecule has 2 N–H and O–H groups in total. The Hall–Kier alpha value is -2.25. The van der Waals surface area contributed by atoms with Gasteiger partial charge in [0, 0.05) is 36.1 Å². The van der Waals surface area contributed by atoms with Crippen molar-refractivity contribution in [1.29, 1.82) is 0 Å². The first-order valence-electron chi connectivity index (χ1n) is 7.92. The number of aliphatic hydroxyl groups is 1. The lowest BCUT2D eigenvalue weighted by Gasteiger charge is -2.05. The Morgan fingerprint density at radius 3 is 3.04 bits per heavy atom. The zero-order valence-corrected chi connectivity index (χ0v) is 14.3.